The minimum atomic E-state index is 0.645. The summed E-state index contributed by atoms with van der Waals surface area (Å²) in [6.45, 7) is 12.9. The average molecular weight is 244 g/mol. The summed E-state index contributed by atoms with van der Waals surface area (Å²) < 4.78 is 0. The molecule has 0 saturated heterocycles. The van der Waals surface area contributed by atoms with Crippen LogP contribution in [0.4, 0.5) is 0 Å². The Hall–Kier alpha value is -1.04. The van der Waals surface area contributed by atoms with Crippen LogP contribution < -0.4 is 0 Å². The Morgan fingerprint density at radius 3 is 2.50 bits per heavy atom. The maximum atomic E-state index is 3.85. The van der Waals surface area contributed by atoms with Gasteiger partial charge in [0.1, 0.15) is 0 Å². The van der Waals surface area contributed by atoms with Gasteiger partial charge in [-0.05, 0) is 67.2 Å². The first-order valence-electron chi connectivity index (χ1n) is 7.36. The Morgan fingerprint density at radius 2 is 1.94 bits per heavy atom. The normalized spacial score (nSPS) is 12.4. The fourth-order valence-electron chi connectivity index (χ4n) is 2.68. The molecule has 1 atom stereocenters. The fourth-order valence-corrected chi connectivity index (χ4v) is 2.68. The van der Waals surface area contributed by atoms with Crippen molar-refractivity contribution >= 4 is 0 Å². The molecule has 0 spiro atoms. The molecule has 18 heavy (non-hydrogen) atoms. The van der Waals surface area contributed by atoms with E-state index in [2.05, 4.69) is 52.5 Å². The summed E-state index contributed by atoms with van der Waals surface area (Å²) >= 11 is 0. The van der Waals surface area contributed by atoms with Crippen LogP contribution in [0.3, 0.4) is 0 Å². The second-order valence-corrected chi connectivity index (χ2v) is 5.36. The Labute approximate surface area is 113 Å². The molecule has 0 aliphatic heterocycles. The molecule has 0 aliphatic carbocycles. The van der Waals surface area contributed by atoms with Crippen LogP contribution in [0, 0.1) is 12.8 Å². The molecule has 0 radical (unpaired) electrons. The molecule has 0 aliphatic rings. The summed E-state index contributed by atoms with van der Waals surface area (Å²) in [6.07, 6.45) is 8.09. The van der Waals surface area contributed by atoms with Gasteiger partial charge < -0.3 is 0 Å². The Kier molecular flexibility index (Phi) is 6.18. The van der Waals surface area contributed by atoms with E-state index in [9.17, 15) is 0 Å². The van der Waals surface area contributed by atoms with Gasteiger partial charge in [0.15, 0.2) is 0 Å². The van der Waals surface area contributed by atoms with Crippen molar-refractivity contribution in [2.24, 2.45) is 5.92 Å². The number of rotatable bonds is 7. The van der Waals surface area contributed by atoms with Crippen LogP contribution >= 0.6 is 0 Å². The highest BCUT2D eigenvalue weighted by Crippen LogP contribution is 2.20. The summed E-state index contributed by atoms with van der Waals surface area (Å²) in [4.78, 5) is 0. The minimum absolute atomic E-state index is 0.645. The molecule has 0 N–H and O–H groups in total. The van der Waals surface area contributed by atoms with Crippen molar-refractivity contribution in [2.75, 3.05) is 0 Å². The van der Waals surface area contributed by atoms with Gasteiger partial charge in [-0.25, -0.2) is 0 Å². The Morgan fingerprint density at radius 1 is 1.22 bits per heavy atom. The lowest BCUT2D eigenvalue weighted by Crippen LogP contribution is -1.99. The van der Waals surface area contributed by atoms with Gasteiger partial charge in [-0.15, -0.1) is 6.58 Å². The maximum absolute atomic E-state index is 3.85. The van der Waals surface area contributed by atoms with E-state index in [1.54, 1.807) is 11.1 Å². The van der Waals surface area contributed by atoms with Gasteiger partial charge in [0.05, 0.1) is 0 Å². The number of hydrogen-bond donors (Lipinski definition) is 0. The minimum Gasteiger partial charge on any atom is -0.103 e. The SMILES string of the molecule is C=CC(C)CCCc1cc(C)c(CC)c(CC)c1. The third-order valence-electron chi connectivity index (χ3n) is 3.89. The molecule has 0 nitrogen and oxygen atoms in total. The van der Waals surface area contributed by atoms with E-state index >= 15 is 0 Å². The van der Waals surface area contributed by atoms with E-state index in [0.29, 0.717) is 5.92 Å². The van der Waals surface area contributed by atoms with Gasteiger partial charge in [-0.1, -0.05) is 39.0 Å². The third-order valence-corrected chi connectivity index (χ3v) is 3.89. The van der Waals surface area contributed by atoms with Gasteiger partial charge in [-0.2, -0.15) is 0 Å². The standard InChI is InChI=1S/C18H28/c1-6-14(4)10-9-11-16-12-15(5)18(8-3)17(7-2)13-16/h6,12-14H,1,7-11H2,2-5H3. The second kappa shape index (κ2) is 7.41. The molecule has 0 fully saturated rings. The monoisotopic (exact) mass is 244 g/mol. The molecule has 1 rings (SSSR count). The summed E-state index contributed by atoms with van der Waals surface area (Å²) in [5.41, 5.74) is 6.09. The topological polar surface area (TPSA) is 0 Å². The molecule has 0 heterocycles. The van der Waals surface area contributed by atoms with E-state index in [0.717, 1.165) is 12.8 Å². The lowest BCUT2D eigenvalue weighted by atomic mass is 9.92. The van der Waals surface area contributed by atoms with Crippen molar-refractivity contribution in [3.8, 4) is 0 Å². The predicted molar refractivity (Wildman–Crippen MR) is 82.2 cm³/mol. The van der Waals surface area contributed by atoms with Crippen molar-refractivity contribution in [3.05, 3.63) is 47.0 Å². The molecular formula is C18H28. The number of allylic oxidation sites excluding steroid dienone is 1. The summed E-state index contributed by atoms with van der Waals surface area (Å²) in [5.74, 6) is 0.645. The van der Waals surface area contributed by atoms with E-state index in [1.807, 2.05) is 0 Å². The first-order valence-corrected chi connectivity index (χ1v) is 7.36. The zero-order valence-electron chi connectivity index (χ0n) is 12.6. The van der Waals surface area contributed by atoms with Crippen LogP contribution in [-0.4, -0.2) is 0 Å². The van der Waals surface area contributed by atoms with Crippen molar-refractivity contribution in [1.29, 1.82) is 0 Å². The van der Waals surface area contributed by atoms with Crippen LogP contribution in [0.25, 0.3) is 0 Å². The van der Waals surface area contributed by atoms with Gasteiger partial charge in [0.2, 0.25) is 0 Å². The molecule has 100 valence electrons. The molecule has 0 bridgehead atoms. The molecule has 0 amide bonds. The zero-order valence-corrected chi connectivity index (χ0v) is 12.6. The zero-order chi connectivity index (χ0) is 13.5. The second-order valence-electron chi connectivity index (χ2n) is 5.36. The fraction of sp³-hybridized carbons (Fsp3) is 0.556. The average Bonchev–Trinajstić information content (AvgIpc) is 2.37. The lowest BCUT2D eigenvalue weighted by molar-refractivity contribution is 0.607. The summed E-state index contributed by atoms with van der Waals surface area (Å²) in [6, 6.07) is 4.81. The molecule has 1 aromatic rings. The third kappa shape index (κ3) is 4.01. The summed E-state index contributed by atoms with van der Waals surface area (Å²) in [5, 5.41) is 0. The van der Waals surface area contributed by atoms with Crippen molar-refractivity contribution in [1.82, 2.24) is 0 Å². The smallest absolute Gasteiger partial charge is 0.0265 e. The predicted octanol–water partition coefficient (Wildman–Crippen LogP) is 5.26. The van der Waals surface area contributed by atoms with Gasteiger partial charge in [-0.3, -0.25) is 0 Å². The number of aryl methyl sites for hydroxylation is 3. The highest BCUT2D eigenvalue weighted by molar-refractivity contribution is 5.38. The van der Waals surface area contributed by atoms with Gasteiger partial charge >= 0.3 is 0 Å². The molecule has 0 heteroatoms. The Balaban J connectivity index is 2.72. The van der Waals surface area contributed by atoms with Crippen molar-refractivity contribution in [2.45, 2.75) is 59.8 Å². The lowest BCUT2D eigenvalue weighted by Gasteiger charge is -2.13. The highest BCUT2D eigenvalue weighted by atomic mass is 14.1. The molecular weight excluding hydrogens is 216 g/mol. The van der Waals surface area contributed by atoms with E-state index in [4.69, 9.17) is 0 Å². The molecule has 1 unspecified atom stereocenters. The molecule has 0 saturated carbocycles. The Bertz CT molecular complexity index is 387. The van der Waals surface area contributed by atoms with E-state index < -0.39 is 0 Å². The number of benzene rings is 1. The quantitative estimate of drug-likeness (QED) is 0.574. The first kappa shape index (κ1) is 15.0. The summed E-state index contributed by atoms with van der Waals surface area (Å²) in [7, 11) is 0. The van der Waals surface area contributed by atoms with Crippen molar-refractivity contribution < 1.29 is 0 Å². The van der Waals surface area contributed by atoms with E-state index in [1.165, 1.54) is 30.4 Å². The van der Waals surface area contributed by atoms with Crippen LogP contribution in [-0.2, 0) is 19.3 Å². The van der Waals surface area contributed by atoms with Crippen LogP contribution in [0.15, 0.2) is 24.8 Å². The van der Waals surface area contributed by atoms with Crippen LogP contribution in [0.2, 0.25) is 0 Å². The highest BCUT2D eigenvalue weighted by Gasteiger charge is 2.06. The number of hydrogen-bond acceptors (Lipinski definition) is 0. The van der Waals surface area contributed by atoms with Crippen molar-refractivity contribution in [3.63, 3.8) is 0 Å². The first-order chi connectivity index (χ1) is 8.62. The van der Waals surface area contributed by atoms with Crippen LogP contribution in [0.5, 0.6) is 0 Å². The maximum Gasteiger partial charge on any atom is -0.0265 e. The van der Waals surface area contributed by atoms with Gasteiger partial charge in [0, 0.05) is 0 Å². The van der Waals surface area contributed by atoms with Gasteiger partial charge in [0.25, 0.3) is 0 Å². The van der Waals surface area contributed by atoms with Crippen LogP contribution in [0.1, 0.15) is 55.9 Å². The largest absolute Gasteiger partial charge is 0.103 e. The molecule has 1 aromatic carbocycles. The molecule has 0 aromatic heterocycles. The van der Waals surface area contributed by atoms with E-state index in [-0.39, 0.29) is 0 Å².